The van der Waals surface area contributed by atoms with E-state index in [9.17, 15) is 4.79 Å². The third-order valence-electron chi connectivity index (χ3n) is 4.04. The van der Waals surface area contributed by atoms with Crippen molar-refractivity contribution < 1.29 is 4.79 Å². The molecule has 3 rings (SSSR count). The molecule has 1 atom stereocenters. The van der Waals surface area contributed by atoms with E-state index in [1.807, 2.05) is 36.7 Å². The average molecular weight is 316 g/mol. The molecule has 0 bridgehead atoms. The monoisotopic (exact) mass is 316 g/mol. The Morgan fingerprint density at radius 2 is 2.14 bits per heavy atom. The van der Waals surface area contributed by atoms with Gasteiger partial charge in [0, 0.05) is 16.6 Å². The maximum Gasteiger partial charge on any atom is 0.241 e. The number of hydrogen-bond donors (Lipinski definition) is 2. The van der Waals surface area contributed by atoms with Crippen molar-refractivity contribution in [3.63, 3.8) is 0 Å². The van der Waals surface area contributed by atoms with E-state index in [0.717, 1.165) is 36.3 Å². The van der Waals surface area contributed by atoms with Gasteiger partial charge in [0.1, 0.15) is 0 Å². The number of nitrogens with one attached hydrogen (secondary N) is 1. The van der Waals surface area contributed by atoms with Gasteiger partial charge < -0.3 is 11.1 Å². The van der Waals surface area contributed by atoms with E-state index in [4.69, 9.17) is 5.73 Å². The fraction of sp³-hybridized carbons (Fsp3) is 0.375. The number of anilines is 2. The maximum atomic E-state index is 12.4. The summed E-state index contributed by atoms with van der Waals surface area (Å²) in [4.78, 5) is 18.7. The summed E-state index contributed by atoms with van der Waals surface area (Å²) in [5.74, 6) is 0.0767. The highest BCUT2D eigenvalue weighted by molar-refractivity contribution is 7.13. The van der Waals surface area contributed by atoms with E-state index in [2.05, 4.69) is 15.2 Å². The number of carbonyl (C=O) groups excluding carboxylic acids is 1. The van der Waals surface area contributed by atoms with Crippen LogP contribution in [0.5, 0.6) is 0 Å². The summed E-state index contributed by atoms with van der Waals surface area (Å²) < 4.78 is 0. The van der Waals surface area contributed by atoms with Crippen molar-refractivity contribution in [1.82, 2.24) is 9.88 Å². The smallest absolute Gasteiger partial charge is 0.241 e. The van der Waals surface area contributed by atoms with Crippen molar-refractivity contribution in [2.45, 2.75) is 25.3 Å². The molecule has 1 aliphatic rings. The lowest BCUT2D eigenvalue weighted by Gasteiger charge is -2.31. The topological polar surface area (TPSA) is 71.2 Å². The number of nitrogens with two attached hydrogens (primary N) is 1. The normalized spacial score (nSPS) is 19.0. The molecule has 2 heterocycles. The first kappa shape index (κ1) is 15.0. The van der Waals surface area contributed by atoms with Crippen molar-refractivity contribution in [3.05, 3.63) is 29.6 Å². The number of benzene rings is 1. The predicted octanol–water partition coefficient (Wildman–Crippen LogP) is 2.82. The van der Waals surface area contributed by atoms with Crippen LogP contribution in [0.15, 0.2) is 29.6 Å². The molecule has 0 radical (unpaired) electrons. The van der Waals surface area contributed by atoms with E-state index in [-0.39, 0.29) is 11.9 Å². The molecule has 1 aliphatic heterocycles. The van der Waals surface area contributed by atoms with Crippen LogP contribution >= 0.6 is 11.3 Å². The van der Waals surface area contributed by atoms with E-state index < -0.39 is 0 Å². The summed E-state index contributed by atoms with van der Waals surface area (Å²) in [6.45, 7) is 0.988. The summed E-state index contributed by atoms with van der Waals surface area (Å²) in [5.41, 5.74) is 8.34. The van der Waals surface area contributed by atoms with Gasteiger partial charge in [-0.05, 0) is 38.6 Å². The van der Waals surface area contributed by atoms with Crippen molar-refractivity contribution >= 4 is 28.1 Å². The Labute approximate surface area is 134 Å². The van der Waals surface area contributed by atoms with Gasteiger partial charge in [-0.15, -0.1) is 11.3 Å². The molecule has 1 saturated heterocycles. The summed E-state index contributed by atoms with van der Waals surface area (Å²) in [6.07, 6.45) is 3.22. The van der Waals surface area contributed by atoms with Crippen LogP contribution in [0.3, 0.4) is 0 Å². The van der Waals surface area contributed by atoms with Crippen LogP contribution < -0.4 is 11.1 Å². The average Bonchev–Trinajstić information content (AvgIpc) is 2.95. The first-order valence-electron chi connectivity index (χ1n) is 7.46. The quantitative estimate of drug-likeness (QED) is 0.913. The van der Waals surface area contributed by atoms with Crippen LogP contribution in [0, 0.1) is 0 Å². The molecule has 1 amide bonds. The number of likely N-dealkylation sites (tertiary alicyclic amines) is 1. The molecule has 3 N–H and O–H groups in total. The molecule has 1 fully saturated rings. The summed E-state index contributed by atoms with van der Waals surface area (Å²) in [7, 11) is 2.01. The maximum absolute atomic E-state index is 12.4. The minimum Gasteiger partial charge on any atom is -0.375 e. The van der Waals surface area contributed by atoms with Gasteiger partial charge in [-0.2, -0.15) is 0 Å². The van der Waals surface area contributed by atoms with Crippen LogP contribution in [0.2, 0.25) is 0 Å². The SMILES string of the molecule is CN1CCCCC1C(=O)Nc1ccc(-c2csc(N)n2)cc1. The number of aromatic nitrogens is 1. The largest absolute Gasteiger partial charge is 0.375 e. The molecule has 0 spiro atoms. The Balaban J connectivity index is 1.67. The molecule has 6 heteroatoms. The highest BCUT2D eigenvalue weighted by Gasteiger charge is 2.25. The lowest BCUT2D eigenvalue weighted by molar-refractivity contribution is -0.121. The number of rotatable bonds is 3. The van der Waals surface area contributed by atoms with Gasteiger partial charge in [-0.25, -0.2) is 4.98 Å². The molecule has 1 aromatic heterocycles. The van der Waals surface area contributed by atoms with Crippen LogP contribution in [-0.4, -0.2) is 35.4 Å². The van der Waals surface area contributed by atoms with Gasteiger partial charge in [0.05, 0.1) is 11.7 Å². The molecular weight excluding hydrogens is 296 g/mol. The third kappa shape index (κ3) is 3.28. The molecule has 0 saturated carbocycles. The number of hydrogen-bond acceptors (Lipinski definition) is 5. The summed E-state index contributed by atoms with van der Waals surface area (Å²) in [6, 6.07) is 7.70. The number of thiazole rings is 1. The van der Waals surface area contributed by atoms with Crippen LogP contribution in [0.25, 0.3) is 11.3 Å². The van der Waals surface area contributed by atoms with E-state index in [1.165, 1.54) is 17.8 Å². The fourth-order valence-electron chi connectivity index (χ4n) is 2.78. The molecule has 1 unspecified atom stereocenters. The number of carbonyl (C=O) groups is 1. The van der Waals surface area contributed by atoms with Crippen molar-refractivity contribution in [3.8, 4) is 11.3 Å². The second-order valence-corrected chi connectivity index (χ2v) is 6.52. The molecule has 2 aromatic rings. The fourth-order valence-corrected chi connectivity index (χ4v) is 3.35. The van der Waals surface area contributed by atoms with Crippen molar-refractivity contribution in [1.29, 1.82) is 0 Å². The summed E-state index contributed by atoms with van der Waals surface area (Å²) >= 11 is 1.42. The number of amides is 1. The first-order chi connectivity index (χ1) is 10.6. The molecule has 22 heavy (non-hydrogen) atoms. The Hall–Kier alpha value is -1.92. The molecule has 1 aromatic carbocycles. The minimum atomic E-state index is -0.0215. The van der Waals surface area contributed by atoms with E-state index >= 15 is 0 Å². The zero-order chi connectivity index (χ0) is 15.5. The minimum absolute atomic E-state index is 0.0215. The lowest BCUT2D eigenvalue weighted by atomic mass is 10.0. The van der Waals surface area contributed by atoms with Gasteiger partial charge in [0.15, 0.2) is 5.13 Å². The van der Waals surface area contributed by atoms with Gasteiger partial charge in [-0.3, -0.25) is 9.69 Å². The van der Waals surface area contributed by atoms with Gasteiger partial charge in [-0.1, -0.05) is 18.6 Å². The van der Waals surface area contributed by atoms with Crippen molar-refractivity contribution in [2.75, 3.05) is 24.6 Å². The molecular formula is C16H20N4OS. The molecule has 116 valence electrons. The molecule has 5 nitrogen and oxygen atoms in total. The van der Waals surface area contributed by atoms with Gasteiger partial charge in [0.2, 0.25) is 5.91 Å². The van der Waals surface area contributed by atoms with E-state index in [1.54, 1.807) is 0 Å². The Morgan fingerprint density at radius 3 is 2.77 bits per heavy atom. The van der Waals surface area contributed by atoms with E-state index in [0.29, 0.717) is 5.13 Å². The first-order valence-corrected chi connectivity index (χ1v) is 8.34. The highest BCUT2D eigenvalue weighted by atomic mass is 32.1. The van der Waals surface area contributed by atoms with Crippen molar-refractivity contribution in [2.24, 2.45) is 0 Å². The Bertz CT molecular complexity index is 652. The van der Waals surface area contributed by atoms with Gasteiger partial charge >= 0.3 is 0 Å². The summed E-state index contributed by atoms with van der Waals surface area (Å²) in [5, 5.41) is 5.50. The van der Waals surface area contributed by atoms with Crippen LogP contribution in [0.4, 0.5) is 10.8 Å². The van der Waals surface area contributed by atoms with Crippen LogP contribution in [0.1, 0.15) is 19.3 Å². The zero-order valence-corrected chi connectivity index (χ0v) is 13.4. The van der Waals surface area contributed by atoms with Crippen LogP contribution in [-0.2, 0) is 4.79 Å². The number of nitrogen functional groups attached to an aromatic ring is 1. The second-order valence-electron chi connectivity index (χ2n) is 5.63. The Morgan fingerprint density at radius 1 is 1.36 bits per heavy atom. The Kier molecular flexibility index (Phi) is 4.40. The van der Waals surface area contributed by atoms with Gasteiger partial charge in [0.25, 0.3) is 0 Å². The third-order valence-corrected chi connectivity index (χ3v) is 4.72. The number of piperidine rings is 1. The predicted molar refractivity (Wildman–Crippen MR) is 90.9 cm³/mol. The lowest BCUT2D eigenvalue weighted by Crippen LogP contribution is -2.44. The standard InChI is InChI=1S/C16H20N4OS/c1-20-9-3-2-4-14(20)15(21)18-12-7-5-11(6-8-12)13-10-22-16(17)19-13/h5-8,10,14H,2-4,9H2,1H3,(H2,17,19)(H,18,21). The second kappa shape index (κ2) is 6.46. The highest BCUT2D eigenvalue weighted by Crippen LogP contribution is 2.24. The number of nitrogens with zero attached hydrogens (tertiary/aromatic N) is 2. The number of likely N-dealkylation sites (N-methyl/N-ethyl adjacent to an activating group) is 1. The zero-order valence-electron chi connectivity index (χ0n) is 12.6. The molecule has 0 aliphatic carbocycles.